The van der Waals surface area contributed by atoms with Gasteiger partial charge in [0.2, 0.25) is 0 Å². The van der Waals surface area contributed by atoms with Gasteiger partial charge in [0.05, 0.1) is 11.6 Å². The van der Waals surface area contributed by atoms with E-state index in [1.807, 2.05) is 18.2 Å². The summed E-state index contributed by atoms with van der Waals surface area (Å²) in [6, 6.07) is 18.8. The fraction of sp³-hybridized carbons (Fsp3) is 0.235. The van der Waals surface area contributed by atoms with Gasteiger partial charge in [-0.05, 0) is 30.2 Å². The SMILES string of the molecule is CN1CC(C)(c2ccccc2)c2ccc(C#N)cc21. The Kier molecular flexibility index (Phi) is 2.57. The number of nitriles is 1. The molecule has 0 aliphatic carbocycles. The van der Waals surface area contributed by atoms with Crippen molar-refractivity contribution in [3.05, 3.63) is 65.2 Å². The topological polar surface area (TPSA) is 27.0 Å². The van der Waals surface area contributed by atoms with Crippen LogP contribution in [0.1, 0.15) is 23.6 Å². The van der Waals surface area contributed by atoms with Crippen LogP contribution in [0.2, 0.25) is 0 Å². The number of anilines is 1. The van der Waals surface area contributed by atoms with E-state index in [9.17, 15) is 0 Å². The molecule has 0 aromatic heterocycles. The summed E-state index contributed by atoms with van der Waals surface area (Å²) in [7, 11) is 2.09. The van der Waals surface area contributed by atoms with Gasteiger partial charge in [-0.3, -0.25) is 0 Å². The number of hydrogen-bond acceptors (Lipinski definition) is 2. The van der Waals surface area contributed by atoms with Crippen LogP contribution in [0.4, 0.5) is 5.69 Å². The molecule has 3 rings (SSSR count). The predicted molar refractivity (Wildman–Crippen MR) is 77.3 cm³/mol. The molecule has 2 aromatic carbocycles. The van der Waals surface area contributed by atoms with Crippen LogP contribution < -0.4 is 4.90 Å². The highest BCUT2D eigenvalue weighted by molar-refractivity contribution is 5.67. The Morgan fingerprint density at radius 1 is 1.16 bits per heavy atom. The molecule has 0 spiro atoms. The third-order valence-electron chi connectivity index (χ3n) is 4.10. The van der Waals surface area contributed by atoms with Gasteiger partial charge in [-0.2, -0.15) is 5.26 Å². The Bertz CT molecular complexity index is 655. The van der Waals surface area contributed by atoms with Crippen molar-refractivity contribution in [3.8, 4) is 6.07 Å². The first-order chi connectivity index (χ1) is 9.15. The van der Waals surface area contributed by atoms with Crippen LogP contribution in [0.15, 0.2) is 48.5 Å². The predicted octanol–water partition coefficient (Wildman–Crippen LogP) is 3.31. The first kappa shape index (κ1) is 11.8. The van der Waals surface area contributed by atoms with Crippen LogP contribution in [-0.4, -0.2) is 13.6 Å². The van der Waals surface area contributed by atoms with Crippen LogP contribution in [0.5, 0.6) is 0 Å². The van der Waals surface area contributed by atoms with Crippen molar-refractivity contribution in [3.63, 3.8) is 0 Å². The van der Waals surface area contributed by atoms with E-state index < -0.39 is 0 Å². The molecule has 0 radical (unpaired) electrons. The lowest BCUT2D eigenvalue weighted by molar-refractivity contribution is 0.609. The Balaban J connectivity index is 2.17. The largest absolute Gasteiger partial charge is 0.373 e. The van der Waals surface area contributed by atoms with Crippen molar-refractivity contribution in [2.45, 2.75) is 12.3 Å². The molecular formula is C17H16N2. The minimum absolute atomic E-state index is 0.000666. The molecule has 2 heteroatoms. The van der Waals surface area contributed by atoms with Gasteiger partial charge in [-0.25, -0.2) is 0 Å². The van der Waals surface area contributed by atoms with E-state index in [0.717, 1.165) is 12.1 Å². The summed E-state index contributed by atoms with van der Waals surface area (Å²) in [5, 5.41) is 9.03. The second-order valence-electron chi connectivity index (χ2n) is 5.40. The maximum Gasteiger partial charge on any atom is 0.0992 e. The Morgan fingerprint density at radius 3 is 2.58 bits per heavy atom. The summed E-state index contributed by atoms with van der Waals surface area (Å²) in [5.41, 5.74) is 4.53. The summed E-state index contributed by atoms with van der Waals surface area (Å²) < 4.78 is 0. The molecule has 2 nitrogen and oxygen atoms in total. The lowest BCUT2D eigenvalue weighted by atomic mass is 9.78. The van der Waals surface area contributed by atoms with Crippen LogP contribution in [-0.2, 0) is 5.41 Å². The molecule has 1 aliphatic heterocycles. The van der Waals surface area contributed by atoms with Gasteiger partial charge in [0.15, 0.2) is 0 Å². The standard InChI is InChI=1S/C17H16N2/c1-17(14-6-4-3-5-7-14)12-19(2)16-10-13(11-18)8-9-15(16)17/h3-10H,12H2,1-2H3. The van der Waals surface area contributed by atoms with E-state index in [1.165, 1.54) is 16.8 Å². The molecule has 1 atom stereocenters. The zero-order valence-electron chi connectivity index (χ0n) is 11.2. The highest BCUT2D eigenvalue weighted by Gasteiger charge is 2.38. The Hall–Kier alpha value is -2.27. The summed E-state index contributed by atoms with van der Waals surface area (Å²) in [4.78, 5) is 2.24. The minimum Gasteiger partial charge on any atom is -0.373 e. The number of likely N-dealkylation sites (N-methyl/N-ethyl adjacent to an activating group) is 1. The number of rotatable bonds is 1. The second-order valence-corrected chi connectivity index (χ2v) is 5.40. The van der Waals surface area contributed by atoms with Gasteiger partial charge in [0.1, 0.15) is 0 Å². The van der Waals surface area contributed by atoms with Crippen LogP contribution in [0, 0.1) is 11.3 Å². The fourth-order valence-corrected chi connectivity index (χ4v) is 3.08. The normalized spacial score (nSPS) is 21.0. The van der Waals surface area contributed by atoms with Gasteiger partial charge < -0.3 is 4.90 Å². The maximum atomic E-state index is 9.03. The molecule has 0 saturated heterocycles. The van der Waals surface area contributed by atoms with E-state index >= 15 is 0 Å². The van der Waals surface area contributed by atoms with Crippen molar-refractivity contribution in [2.75, 3.05) is 18.5 Å². The number of hydrogen-bond donors (Lipinski definition) is 0. The molecule has 1 unspecified atom stereocenters. The van der Waals surface area contributed by atoms with Gasteiger partial charge in [0, 0.05) is 24.7 Å². The van der Waals surface area contributed by atoms with Gasteiger partial charge in [-0.1, -0.05) is 36.4 Å². The average molecular weight is 248 g/mol. The van der Waals surface area contributed by atoms with Crippen LogP contribution >= 0.6 is 0 Å². The first-order valence-electron chi connectivity index (χ1n) is 6.46. The van der Waals surface area contributed by atoms with Crippen molar-refractivity contribution >= 4 is 5.69 Å². The van der Waals surface area contributed by atoms with Crippen molar-refractivity contribution < 1.29 is 0 Å². The van der Waals surface area contributed by atoms with E-state index in [-0.39, 0.29) is 5.41 Å². The lowest BCUT2D eigenvalue weighted by Crippen LogP contribution is -2.29. The molecule has 0 amide bonds. The smallest absolute Gasteiger partial charge is 0.0992 e. The zero-order valence-corrected chi connectivity index (χ0v) is 11.2. The van der Waals surface area contributed by atoms with Crippen molar-refractivity contribution in [1.82, 2.24) is 0 Å². The zero-order chi connectivity index (χ0) is 13.5. The Labute approximate surface area is 113 Å². The van der Waals surface area contributed by atoms with Crippen molar-refractivity contribution in [2.24, 2.45) is 0 Å². The summed E-state index contributed by atoms with van der Waals surface area (Å²) in [6.07, 6.45) is 0. The quantitative estimate of drug-likeness (QED) is 0.774. The van der Waals surface area contributed by atoms with E-state index in [1.54, 1.807) is 0 Å². The molecule has 1 aliphatic rings. The Morgan fingerprint density at radius 2 is 1.89 bits per heavy atom. The van der Waals surface area contributed by atoms with Crippen molar-refractivity contribution in [1.29, 1.82) is 5.26 Å². The average Bonchev–Trinajstić information content (AvgIpc) is 2.72. The summed E-state index contributed by atoms with van der Waals surface area (Å²) in [5.74, 6) is 0. The summed E-state index contributed by atoms with van der Waals surface area (Å²) >= 11 is 0. The maximum absolute atomic E-state index is 9.03. The fourth-order valence-electron chi connectivity index (χ4n) is 3.08. The number of benzene rings is 2. The number of fused-ring (bicyclic) bond motifs is 1. The molecule has 94 valence electrons. The molecule has 19 heavy (non-hydrogen) atoms. The van der Waals surface area contributed by atoms with E-state index in [2.05, 4.69) is 55.3 Å². The molecule has 1 heterocycles. The molecule has 0 bridgehead atoms. The molecule has 0 N–H and O–H groups in total. The van der Waals surface area contributed by atoms with Crippen LogP contribution in [0.25, 0.3) is 0 Å². The number of nitrogens with zero attached hydrogens (tertiary/aromatic N) is 2. The van der Waals surface area contributed by atoms with E-state index in [0.29, 0.717) is 0 Å². The van der Waals surface area contributed by atoms with Gasteiger partial charge in [0.25, 0.3) is 0 Å². The third-order valence-corrected chi connectivity index (χ3v) is 4.10. The molecule has 0 fully saturated rings. The van der Waals surface area contributed by atoms with Crippen LogP contribution in [0.3, 0.4) is 0 Å². The molecular weight excluding hydrogens is 232 g/mol. The lowest BCUT2D eigenvalue weighted by Gasteiger charge is -2.25. The summed E-state index contributed by atoms with van der Waals surface area (Å²) in [6.45, 7) is 3.22. The first-order valence-corrected chi connectivity index (χ1v) is 6.46. The van der Waals surface area contributed by atoms with E-state index in [4.69, 9.17) is 5.26 Å². The third kappa shape index (κ3) is 1.70. The second kappa shape index (κ2) is 4.13. The monoisotopic (exact) mass is 248 g/mol. The molecule has 2 aromatic rings. The van der Waals surface area contributed by atoms with Gasteiger partial charge in [-0.15, -0.1) is 0 Å². The highest BCUT2D eigenvalue weighted by atomic mass is 15.1. The van der Waals surface area contributed by atoms with Gasteiger partial charge >= 0.3 is 0 Å². The molecule has 0 saturated carbocycles. The highest BCUT2D eigenvalue weighted by Crippen LogP contribution is 2.44. The minimum atomic E-state index is -0.000666.